The van der Waals surface area contributed by atoms with Crippen molar-refractivity contribution in [2.45, 2.75) is 39.5 Å². The van der Waals surface area contributed by atoms with Gasteiger partial charge in [0.25, 0.3) is 5.91 Å². The van der Waals surface area contributed by atoms with Crippen molar-refractivity contribution in [3.8, 4) is 17.2 Å². The molecule has 1 aliphatic rings. The Kier molecular flexibility index (Phi) is 6.61. The van der Waals surface area contributed by atoms with Gasteiger partial charge in [-0.25, -0.2) is 4.98 Å². The van der Waals surface area contributed by atoms with Gasteiger partial charge in [-0.3, -0.25) is 9.69 Å². The van der Waals surface area contributed by atoms with Gasteiger partial charge in [0.1, 0.15) is 12.0 Å². The Morgan fingerprint density at radius 1 is 1.12 bits per heavy atom. The molecule has 1 aromatic heterocycles. The Bertz CT molecular complexity index is 1080. The molecule has 8 nitrogen and oxygen atoms in total. The van der Waals surface area contributed by atoms with Gasteiger partial charge in [-0.1, -0.05) is 18.2 Å². The maximum absolute atomic E-state index is 12.5. The highest BCUT2D eigenvalue weighted by Gasteiger charge is 2.18. The number of hydrogen-bond acceptors (Lipinski definition) is 7. The maximum Gasteiger partial charge on any atom is 0.273 e. The summed E-state index contributed by atoms with van der Waals surface area (Å²) >= 11 is 0. The molecule has 1 aliphatic heterocycles. The fourth-order valence-corrected chi connectivity index (χ4v) is 3.41. The number of nitrogens with zero attached hydrogens (tertiary/aromatic N) is 2. The molecule has 2 aromatic carbocycles. The summed E-state index contributed by atoms with van der Waals surface area (Å²) in [6.45, 7) is 6.00. The first kappa shape index (κ1) is 21.7. The summed E-state index contributed by atoms with van der Waals surface area (Å²) in [5, 5.41) is 2.86. The summed E-state index contributed by atoms with van der Waals surface area (Å²) in [5.41, 5.74) is 2.30. The second kappa shape index (κ2) is 9.74. The first-order valence-corrected chi connectivity index (χ1v) is 10.5. The fraction of sp³-hybridized carbons (Fsp3) is 0.333. The van der Waals surface area contributed by atoms with Gasteiger partial charge in [0.2, 0.25) is 12.7 Å². The molecule has 1 N–H and O–H groups in total. The third-order valence-electron chi connectivity index (χ3n) is 5.26. The zero-order valence-corrected chi connectivity index (χ0v) is 18.5. The number of fused-ring (bicyclic) bond motifs is 1. The smallest absolute Gasteiger partial charge is 0.273 e. The van der Waals surface area contributed by atoms with Gasteiger partial charge < -0.3 is 23.9 Å². The van der Waals surface area contributed by atoms with E-state index in [1.807, 2.05) is 36.4 Å². The van der Waals surface area contributed by atoms with Crippen LogP contribution in [0.1, 0.15) is 41.4 Å². The van der Waals surface area contributed by atoms with Crippen molar-refractivity contribution >= 4 is 5.91 Å². The lowest BCUT2D eigenvalue weighted by Gasteiger charge is -2.25. The summed E-state index contributed by atoms with van der Waals surface area (Å²) in [6.07, 6.45) is 1.40. The number of hydrogen-bond donors (Lipinski definition) is 1. The van der Waals surface area contributed by atoms with Crippen LogP contribution >= 0.6 is 0 Å². The molecule has 0 atom stereocenters. The molecule has 0 bridgehead atoms. The number of methoxy groups -OCH3 is 1. The van der Waals surface area contributed by atoms with Crippen LogP contribution in [0.25, 0.3) is 0 Å². The van der Waals surface area contributed by atoms with Gasteiger partial charge in [-0.05, 0) is 49.2 Å². The van der Waals surface area contributed by atoms with Gasteiger partial charge >= 0.3 is 0 Å². The summed E-state index contributed by atoms with van der Waals surface area (Å²) in [7, 11) is 1.66. The number of oxazole rings is 1. The lowest BCUT2D eigenvalue weighted by molar-refractivity contribution is 0.0945. The van der Waals surface area contributed by atoms with Crippen molar-refractivity contribution in [1.29, 1.82) is 0 Å². The zero-order chi connectivity index (χ0) is 22.5. The van der Waals surface area contributed by atoms with Crippen LogP contribution in [0.15, 0.2) is 53.1 Å². The standard InChI is InChI=1S/C24H27N3O5/c1-16(2)27(12-18-5-4-6-19(9-18)29-3)13-23-26-20(14-30-23)24(28)25-11-17-7-8-21-22(10-17)32-15-31-21/h4-10,14,16H,11-13,15H2,1-3H3,(H,25,28). The van der Waals surface area contributed by atoms with Crippen molar-refractivity contribution in [3.63, 3.8) is 0 Å². The minimum atomic E-state index is -0.290. The lowest BCUT2D eigenvalue weighted by atomic mass is 10.2. The normalized spacial score (nSPS) is 12.4. The van der Waals surface area contributed by atoms with E-state index in [-0.39, 0.29) is 24.4 Å². The number of amides is 1. The quantitative estimate of drug-likeness (QED) is 0.546. The largest absolute Gasteiger partial charge is 0.497 e. The van der Waals surface area contributed by atoms with Crippen LogP contribution in [0.5, 0.6) is 17.2 Å². The van der Waals surface area contributed by atoms with E-state index < -0.39 is 0 Å². The maximum atomic E-state index is 12.5. The molecule has 1 amide bonds. The Morgan fingerprint density at radius 3 is 2.78 bits per heavy atom. The van der Waals surface area contributed by atoms with E-state index in [4.69, 9.17) is 18.6 Å². The molecule has 0 aliphatic carbocycles. The second-order valence-electron chi connectivity index (χ2n) is 7.85. The molecule has 32 heavy (non-hydrogen) atoms. The first-order chi connectivity index (χ1) is 15.5. The highest BCUT2D eigenvalue weighted by Crippen LogP contribution is 2.32. The molecular weight excluding hydrogens is 410 g/mol. The molecular formula is C24H27N3O5. The Morgan fingerprint density at radius 2 is 1.97 bits per heavy atom. The van der Waals surface area contributed by atoms with E-state index in [2.05, 4.69) is 35.1 Å². The van der Waals surface area contributed by atoms with Crippen molar-refractivity contribution in [1.82, 2.24) is 15.2 Å². The average Bonchev–Trinajstić information content (AvgIpc) is 3.46. The molecule has 0 unspecified atom stereocenters. The number of carbonyl (C=O) groups is 1. The highest BCUT2D eigenvalue weighted by molar-refractivity contribution is 5.91. The van der Waals surface area contributed by atoms with E-state index >= 15 is 0 Å². The summed E-state index contributed by atoms with van der Waals surface area (Å²) in [5.74, 6) is 2.43. The lowest BCUT2D eigenvalue weighted by Crippen LogP contribution is -2.30. The molecule has 2 heterocycles. The van der Waals surface area contributed by atoms with Crippen LogP contribution in [0.3, 0.4) is 0 Å². The Balaban J connectivity index is 1.35. The summed E-state index contributed by atoms with van der Waals surface area (Å²) in [6, 6.07) is 13.8. The number of rotatable bonds is 9. The minimum absolute atomic E-state index is 0.220. The SMILES string of the molecule is COc1cccc(CN(Cc2nc(C(=O)NCc3ccc4c(c3)OCO4)co2)C(C)C)c1. The number of nitrogens with one attached hydrogen (secondary N) is 1. The molecule has 8 heteroatoms. The minimum Gasteiger partial charge on any atom is -0.497 e. The van der Waals surface area contributed by atoms with E-state index in [0.29, 0.717) is 37.0 Å². The third kappa shape index (κ3) is 5.20. The molecule has 0 saturated carbocycles. The highest BCUT2D eigenvalue weighted by atomic mass is 16.7. The van der Waals surface area contributed by atoms with Gasteiger partial charge in [0.05, 0.1) is 13.7 Å². The number of aromatic nitrogens is 1. The van der Waals surface area contributed by atoms with Crippen LogP contribution in [0.4, 0.5) is 0 Å². The van der Waals surface area contributed by atoms with Crippen LogP contribution in [0.2, 0.25) is 0 Å². The molecule has 0 radical (unpaired) electrons. The molecule has 0 saturated heterocycles. The predicted octanol–water partition coefficient (Wildman–Crippen LogP) is 3.75. The van der Waals surface area contributed by atoms with Gasteiger partial charge in [0.15, 0.2) is 17.2 Å². The third-order valence-corrected chi connectivity index (χ3v) is 5.26. The molecule has 4 rings (SSSR count). The van der Waals surface area contributed by atoms with Crippen molar-refractivity contribution < 1.29 is 23.4 Å². The number of carbonyl (C=O) groups excluding carboxylic acids is 1. The zero-order valence-electron chi connectivity index (χ0n) is 18.5. The molecule has 3 aromatic rings. The molecule has 0 fully saturated rings. The Labute approximate surface area is 187 Å². The van der Waals surface area contributed by atoms with Crippen LogP contribution in [0, 0.1) is 0 Å². The number of ether oxygens (including phenoxy) is 3. The average molecular weight is 437 g/mol. The van der Waals surface area contributed by atoms with Gasteiger partial charge in [0, 0.05) is 19.1 Å². The Hall–Kier alpha value is -3.52. The van der Waals surface area contributed by atoms with Crippen molar-refractivity contribution in [2.75, 3.05) is 13.9 Å². The molecule has 168 valence electrons. The van der Waals surface area contributed by atoms with Gasteiger partial charge in [-0.15, -0.1) is 0 Å². The van der Waals surface area contributed by atoms with Crippen LogP contribution < -0.4 is 19.5 Å². The molecule has 0 spiro atoms. The predicted molar refractivity (Wildman–Crippen MR) is 118 cm³/mol. The van der Waals surface area contributed by atoms with E-state index in [1.165, 1.54) is 6.26 Å². The van der Waals surface area contributed by atoms with E-state index in [0.717, 1.165) is 16.9 Å². The summed E-state index contributed by atoms with van der Waals surface area (Å²) < 4.78 is 21.6. The monoisotopic (exact) mass is 437 g/mol. The van der Waals surface area contributed by atoms with Crippen LogP contribution in [-0.4, -0.2) is 35.7 Å². The topological polar surface area (TPSA) is 86.1 Å². The van der Waals surface area contributed by atoms with E-state index in [9.17, 15) is 4.79 Å². The summed E-state index contributed by atoms with van der Waals surface area (Å²) in [4.78, 5) is 19.1. The van der Waals surface area contributed by atoms with Crippen LogP contribution in [-0.2, 0) is 19.6 Å². The van der Waals surface area contributed by atoms with Crippen molar-refractivity contribution in [3.05, 3.63) is 71.4 Å². The first-order valence-electron chi connectivity index (χ1n) is 10.5. The van der Waals surface area contributed by atoms with E-state index in [1.54, 1.807) is 7.11 Å². The fourth-order valence-electron chi connectivity index (χ4n) is 3.41. The van der Waals surface area contributed by atoms with Crippen molar-refractivity contribution in [2.24, 2.45) is 0 Å². The van der Waals surface area contributed by atoms with Gasteiger partial charge in [-0.2, -0.15) is 0 Å². The second-order valence-corrected chi connectivity index (χ2v) is 7.85. The number of benzene rings is 2.